The zero-order valence-electron chi connectivity index (χ0n) is 17.0. The Labute approximate surface area is 179 Å². The Balaban J connectivity index is 1.92. The average molecular weight is 432 g/mol. The number of aromatic hydroxyl groups is 1. The molecule has 0 spiro atoms. The summed E-state index contributed by atoms with van der Waals surface area (Å²) in [4.78, 5) is 54.6. The standard InChI is InChI=1S/C22H16N4O6/c1-24-20-17(21(29)25(2)22(24)30)15(13-9-10(26(31)32)7-8-14(13)27)16-18(23-20)11-5-3-4-6-12(11)19(16)28/h3-9,15-16,27H,1-2H3. The van der Waals surface area contributed by atoms with Crippen molar-refractivity contribution < 1.29 is 14.8 Å². The van der Waals surface area contributed by atoms with E-state index in [1.807, 2.05) is 0 Å². The Morgan fingerprint density at radius 1 is 1.00 bits per heavy atom. The number of benzene rings is 2. The molecule has 2 aromatic carbocycles. The number of hydrogen-bond donors (Lipinski definition) is 1. The fourth-order valence-electron chi connectivity index (χ4n) is 4.61. The van der Waals surface area contributed by atoms with Crippen molar-refractivity contribution in [2.45, 2.75) is 5.92 Å². The average Bonchev–Trinajstić information content (AvgIpc) is 3.07. The molecule has 2 atom stereocenters. The van der Waals surface area contributed by atoms with Crippen LogP contribution in [0.15, 0.2) is 57.0 Å². The number of aromatic nitrogens is 2. The van der Waals surface area contributed by atoms with Gasteiger partial charge in [-0.1, -0.05) is 24.3 Å². The lowest BCUT2D eigenvalue weighted by Gasteiger charge is -2.30. The molecule has 1 aliphatic heterocycles. The third kappa shape index (κ3) is 2.46. The summed E-state index contributed by atoms with van der Waals surface area (Å²) in [7, 11) is 2.76. The van der Waals surface area contributed by atoms with Crippen molar-refractivity contribution in [1.29, 1.82) is 0 Å². The summed E-state index contributed by atoms with van der Waals surface area (Å²) in [5.41, 5.74) is -0.168. The smallest absolute Gasteiger partial charge is 0.332 e. The Kier molecular flexibility index (Phi) is 4.03. The second kappa shape index (κ2) is 6.58. The molecule has 0 fully saturated rings. The molecule has 5 rings (SSSR count). The molecule has 32 heavy (non-hydrogen) atoms. The van der Waals surface area contributed by atoms with Crippen LogP contribution in [0.4, 0.5) is 11.5 Å². The minimum atomic E-state index is -1.07. The van der Waals surface area contributed by atoms with Gasteiger partial charge in [0.05, 0.1) is 22.1 Å². The number of carbonyl (C=O) groups is 1. The number of nitro groups is 1. The largest absolute Gasteiger partial charge is 0.508 e. The summed E-state index contributed by atoms with van der Waals surface area (Å²) in [5.74, 6) is -2.59. The van der Waals surface area contributed by atoms with Gasteiger partial charge in [0.15, 0.2) is 5.78 Å². The van der Waals surface area contributed by atoms with Crippen LogP contribution in [0.25, 0.3) is 0 Å². The van der Waals surface area contributed by atoms with Gasteiger partial charge in [-0.3, -0.25) is 28.8 Å². The Bertz CT molecular complexity index is 1510. The van der Waals surface area contributed by atoms with Crippen LogP contribution in [0.3, 0.4) is 0 Å². The van der Waals surface area contributed by atoms with E-state index in [9.17, 15) is 29.6 Å². The van der Waals surface area contributed by atoms with E-state index in [2.05, 4.69) is 4.99 Å². The van der Waals surface area contributed by atoms with Crippen molar-refractivity contribution in [2.24, 2.45) is 25.0 Å². The summed E-state index contributed by atoms with van der Waals surface area (Å²) in [6, 6.07) is 10.3. The maximum absolute atomic E-state index is 13.4. The highest BCUT2D eigenvalue weighted by atomic mass is 16.6. The molecular weight excluding hydrogens is 416 g/mol. The second-order valence-electron chi connectivity index (χ2n) is 7.81. The first-order chi connectivity index (χ1) is 15.2. The number of hydrogen-bond acceptors (Lipinski definition) is 7. The molecule has 0 saturated carbocycles. The topological polar surface area (TPSA) is 137 Å². The van der Waals surface area contributed by atoms with Crippen LogP contribution in [0.2, 0.25) is 0 Å². The number of phenolic OH excluding ortho intramolecular Hbond substituents is 1. The quantitative estimate of drug-likeness (QED) is 0.484. The van der Waals surface area contributed by atoms with E-state index in [1.54, 1.807) is 24.3 Å². The van der Waals surface area contributed by atoms with Gasteiger partial charge in [0.1, 0.15) is 11.6 Å². The third-order valence-electron chi connectivity index (χ3n) is 6.14. The number of aliphatic imine (C=N–C) groups is 1. The minimum absolute atomic E-state index is 0.0281. The molecule has 2 aliphatic rings. The normalized spacial score (nSPS) is 18.6. The zero-order chi connectivity index (χ0) is 22.9. The molecule has 0 bridgehead atoms. The number of carbonyl (C=O) groups excluding carboxylic acids is 1. The highest BCUT2D eigenvalue weighted by Gasteiger charge is 2.48. The fraction of sp³-hybridized carbons (Fsp3) is 0.182. The lowest BCUT2D eigenvalue weighted by Crippen LogP contribution is -2.43. The maximum Gasteiger partial charge on any atom is 0.332 e. The molecule has 10 heteroatoms. The molecule has 3 aromatic rings. The maximum atomic E-state index is 13.4. The second-order valence-corrected chi connectivity index (χ2v) is 7.81. The van der Waals surface area contributed by atoms with E-state index >= 15 is 0 Å². The Morgan fingerprint density at radius 2 is 1.69 bits per heavy atom. The molecule has 0 radical (unpaired) electrons. The Morgan fingerprint density at radius 3 is 2.38 bits per heavy atom. The van der Waals surface area contributed by atoms with Gasteiger partial charge in [0.2, 0.25) is 0 Å². The molecule has 0 saturated heterocycles. The number of non-ortho nitro benzene ring substituents is 1. The molecule has 2 heterocycles. The first-order valence-corrected chi connectivity index (χ1v) is 9.71. The van der Waals surface area contributed by atoms with Gasteiger partial charge in [-0.25, -0.2) is 9.79 Å². The van der Waals surface area contributed by atoms with Gasteiger partial charge < -0.3 is 5.11 Å². The predicted octanol–water partition coefficient (Wildman–Crippen LogP) is 1.78. The summed E-state index contributed by atoms with van der Waals surface area (Å²) in [5, 5.41) is 22.1. The number of phenols is 1. The molecule has 1 N–H and O–H groups in total. The van der Waals surface area contributed by atoms with Crippen LogP contribution in [0, 0.1) is 16.0 Å². The summed E-state index contributed by atoms with van der Waals surface area (Å²) < 4.78 is 2.10. The zero-order valence-corrected chi connectivity index (χ0v) is 17.0. The van der Waals surface area contributed by atoms with Crippen molar-refractivity contribution in [3.8, 4) is 5.75 Å². The van der Waals surface area contributed by atoms with Crippen LogP contribution in [-0.4, -0.2) is 30.7 Å². The summed E-state index contributed by atoms with van der Waals surface area (Å²) in [6.45, 7) is 0. The molecule has 1 aliphatic carbocycles. The van der Waals surface area contributed by atoms with E-state index in [0.29, 0.717) is 16.8 Å². The van der Waals surface area contributed by atoms with E-state index in [0.717, 1.165) is 22.8 Å². The lowest BCUT2D eigenvalue weighted by atomic mass is 9.76. The summed E-state index contributed by atoms with van der Waals surface area (Å²) >= 11 is 0. The molecule has 2 unspecified atom stereocenters. The van der Waals surface area contributed by atoms with E-state index in [1.165, 1.54) is 18.7 Å². The highest BCUT2D eigenvalue weighted by Crippen LogP contribution is 2.48. The predicted molar refractivity (Wildman–Crippen MR) is 114 cm³/mol. The first kappa shape index (κ1) is 19.6. The van der Waals surface area contributed by atoms with E-state index in [-0.39, 0.29) is 34.2 Å². The minimum Gasteiger partial charge on any atom is -0.508 e. The van der Waals surface area contributed by atoms with Gasteiger partial charge in [-0.15, -0.1) is 0 Å². The summed E-state index contributed by atoms with van der Waals surface area (Å²) in [6.07, 6.45) is 0. The van der Waals surface area contributed by atoms with Gasteiger partial charge in [0.25, 0.3) is 11.2 Å². The molecule has 0 amide bonds. The van der Waals surface area contributed by atoms with Gasteiger partial charge in [0, 0.05) is 48.8 Å². The van der Waals surface area contributed by atoms with Crippen LogP contribution in [0.1, 0.15) is 33.0 Å². The number of Topliss-reactive ketones (excluding diaryl/α,β-unsaturated/α-hetero) is 1. The van der Waals surface area contributed by atoms with Crippen molar-refractivity contribution in [3.63, 3.8) is 0 Å². The van der Waals surface area contributed by atoms with E-state index < -0.39 is 28.0 Å². The fourth-order valence-corrected chi connectivity index (χ4v) is 4.61. The number of nitrogens with zero attached hydrogens (tertiary/aromatic N) is 4. The molecular formula is C22H16N4O6. The van der Waals surface area contributed by atoms with Crippen LogP contribution >= 0.6 is 0 Å². The first-order valence-electron chi connectivity index (χ1n) is 9.71. The molecule has 1 aromatic heterocycles. The third-order valence-corrected chi connectivity index (χ3v) is 6.14. The van der Waals surface area contributed by atoms with Gasteiger partial charge in [-0.05, 0) is 6.07 Å². The van der Waals surface area contributed by atoms with Gasteiger partial charge >= 0.3 is 5.69 Å². The van der Waals surface area contributed by atoms with Crippen LogP contribution in [0.5, 0.6) is 5.75 Å². The van der Waals surface area contributed by atoms with Crippen molar-refractivity contribution in [3.05, 3.63) is 95.7 Å². The molecule has 10 nitrogen and oxygen atoms in total. The van der Waals surface area contributed by atoms with Crippen LogP contribution in [-0.2, 0) is 14.1 Å². The van der Waals surface area contributed by atoms with Crippen molar-refractivity contribution in [1.82, 2.24) is 9.13 Å². The highest BCUT2D eigenvalue weighted by molar-refractivity contribution is 6.30. The number of rotatable bonds is 2. The Hall–Kier alpha value is -4.34. The number of nitro benzene ring substituents is 1. The van der Waals surface area contributed by atoms with Crippen molar-refractivity contribution >= 4 is 23.0 Å². The lowest BCUT2D eigenvalue weighted by molar-refractivity contribution is -0.385. The van der Waals surface area contributed by atoms with E-state index in [4.69, 9.17) is 0 Å². The van der Waals surface area contributed by atoms with Crippen molar-refractivity contribution in [2.75, 3.05) is 0 Å². The number of fused-ring (bicyclic) bond motifs is 4. The van der Waals surface area contributed by atoms with Gasteiger partial charge in [-0.2, -0.15) is 0 Å². The number of ketones is 1. The molecule has 160 valence electrons. The monoisotopic (exact) mass is 432 g/mol. The van der Waals surface area contributed by atoms with Crippen LogP contribution < -0.4 is 11.2 Å². The SMILES string of the molecule is Cn1c2c(c(=O)n(C)c1=O)C(c1cc([N+](=O)[O-])ccc1O)C1C(=O)c3ccccc3C1=N2.